The molecule has 0 bridgehead atoms. The summed E-state index contributed by atoms with van der Waals surface area (Å²) in [7, 11) is 0. The van der Waals surface area contributed by atoms with Gasteiger partial charge in [0.1, 0.15) is 11.5 Å². The lowest BCUT2D eigenvalue weighted by Crippen LogP contribution is -2.37. The van der Waals surface area contributed by atoms with E-state index in [4.69, 9.17) is 0 Å². The summed E-state index contributed by atoms with van der Waals surface area (Å²) in [6.45, 7) is 4.28. The number of carbonyl (C=O) groups is 1. The highest BCUT2D eigenvalue weighted by Crippen LogP contribution is 2.21. The average Bonchev–Trinajstić information content (AvgIpc) is 2.84. The van der Waals surface area contributed by atoms with Crippen molar-refractivity contribution in [1.29, 1.82) is 0 Å². The first-order chi connectivity index (χ1) is 11.6. The van der Waals surface area contributed by atoms with Crippen LogP contribution in [0.4, 0.5) is 4.39 Å². The van der Waals surface area contributed by atoms with E-state index in [0.717, 1.165) is 24.1 Å². The predicted molar refractivity (Wildman–Crippen MR) is 93.7 cm³/mol. The molecular weight excluding hydrogens is 303 g/mol. The van der Waals surface area contributed by atoms with Crippen molar-refractivity contribution in [2.24, 2.45) is 0 Å². The molecule has 1 aromatic carbocycles. The van der Waals surface area contributed by atoms with Gasteiger partial charge in [0.2, 0.25) is 0 Å². The first-order valence-corrected chi connectivity index (χ1v) is 8.77. The van der Waals surface area contributed by atoms with Crippen LogP contribution in [0.15, 0.2) is 30.3 Å². The normalized spacial score (nSPS) is 15.5. The number of aryl methyl sites for hydroxylation is 2. The fourth-order valence-electron chi connectivity index (χ4n) is 3.65. The summed E-state index contributed by atoms with van der Waals surface area (Å²) in [6.07, 6.45) is 5.72. The summed E-state index contributed by atoms with van der Waals surface area (Å²) < 4.78 is 15.9. The zero-order valence-electron chi connectivity index (χ0n) is 14.4. The number of halogens is 1. The standard InChI is InChI=1S/C20H25FN2O/c1-14-12-15(2)23(13-16-8-6-7-11-18(16)21)19(14)20(24)22-17-9-4-3-5-10-17/h6-8,11-12,17H,3-5,9-10,13H2,1-2H3,(H,22,24). The number of amides is 1. The van der Waals surface area contributed by atoms with Crippen molar-refractivity contribution in [3.05, 3.63) is 58.7 Å². The van der Waals surface area contributed by atoms with Crippen molar-refractivity contribution < 1.29 is 9.18 Å². The molecule has 2 aromatic rings. The number of aromatic nitrogens is 1. The first kappa shape index (κ1) is 16.7. The zero-order valence-corrected chi connectivity index (χ0v) is 14.4. The second-order valence-corrected chi connectivity index (χ2v) is 6.80. The number of nitrogens with zero attached hydrogens (tertiary/aromatic N) is 1. The third-order valence-electron chi connectivity index (χ3n) is 4.94. The summed E-state index contributed by atoms with van der Waals surface area (Å²) in [5.74, 6) is -0.272. The van der Waals surface area contributed by atoms with Crippen LogP contribution in [0.5, 0.6) is 0 Å². The third kappa shape index (κ3) is 3.53. The fourth-order valence-corrected chi connectivity index (χ4v) is 3.65. The molecule has 0 unspecified atom stereocenters. The fraction of sp³-hybridized carbons (Fsp3) is 0.450. The van der Waals surface area contributed by atoms with Crippen LogP contribution in [-0.2, 0) is 6.54 Å². The number of hydrogen-bond acceptors (Lipinski definition) is 1. The van der Waals surface area contributed by atoms with E-state index in [-0.39, 0.29) is 17.8 Å². The van der Waals surface area contributed by atoms with E-state index in [1.54, 1.807) is 12.1 Å². The maximum absolute atomic E-state index is 14.0. The van der Waals surface area contributed by atoms with E-state index >= 15 is 0 Å². The van der Waals surface area contributed by atoms with Gasteiger partial charge in [0.05, 0.1) is 6.54 Å². The molecular formula is C20H25FN2O. The molecule has 1 heterocycles. The van der Waals surface area contributed by atoms with Gasteiger partial charge in [0.15, 0.2) is 0 Å². The van der Waals surface area contributed by atoms with Gasteiger partial charge in [-0.1, -0.05) is 37.5 Å². The minimum Gasteiger partial charge on any atom is -0.348 e. The summed E-state index contributed by atoms with van der Waals surface area (Å²) in [6, 6.07) is 9.00. The quantitative estimate of drug-likeness (QED) is 0.889. The van der Waals surface area contributed by atoms with E-state index in [1.807, 2.05) is 30.5 Å². The van der Waals surface area contributed by atoms with Gasteiger partial charge in [-0.25, -0.2) is 4.39 Å². The average molecular weight is 328 g/mol. The van der Waals surface area contributed by atoms with Crippen LogP contribution in [0.25, 0.3) is 0 Å². The maximum Gasteiger partial charge on any atom is 0.268 e. The second-order valence-electron chi connectivity index (χ2n) is 6.80. The van der Waals surface area contributed by atoms with Gasteiger partial charge >= 0.3 is 0 Å². The minimum absolute atomic E-state index is 0.0381. The van der Waals surface area contributed by atoms with Crippen molar-refractivity contribution in [2.75, 3.05) is 0 Å². The SMILES string of the molecule is Cc1cc(C)n(Cc2ccccc2F)c1C(=O)NC1CCCCC1. The molecule has 0 saturated heterocycles. The molecule has 0 radical (unpaired) electrons. The van der Waals surface area contributed by atoms with Crippen LogP contribution in [0.3, 0.4) is 0 Å². The van der Waals surface area contributed by atoms with Gasteiger partial charge < -0.3 is 9.88 Å². The van der Waals surface area contributed by atoms with E-state index < -0.39 is 0 Å². The zero-order chi connectivity index (χ0) is 17.1. The molecule has 0 spiro atoms. The van der Waals surface area contributed by atoms with Crippen LogP contribution in [0.1, 0.15) is 59.4 Å². The molecule has 3 nitrogen and oxygen atoms in total. The van der Waals surface area contributed by atoms with Gasteiger partial charge in [-0.15, -0.1) is 0 Å². The Labute approximate surface area is 142 Å². The van der Waals surface area contributed by atoms with Crippen LogP contribution in [0.2, 0.25) is 0 Å². The van der Waals surface area contributed by atoms with Gasteiger partial charge in [-0.2, -0.15) is 0 Å². The van der Waals surface area contributed by atoms with Gasteiger partial charge in [-0.3, -0.25) is 4.79 Å². The maximum atomic E-state index is 14.0. The lowest BCUT2D eigenvalue weighted by molar-refractivity contribution is 0.0917. The first-order valence-electron chi connectivity index (χ1n) is 8.77. The Bertz CT molecular complexity index is 729. The number of nitrogens with one attached hydrogen (secondary N) is 1. The highest BCUT2D eigenvalue weighted by atomic mass is 19.1. The van der Waals surface area contributed by atoms with E-state index in [2.05, 4.69) is 5.32 Å². The molecule has 24 heavy (non-hydrogen) atoms. The topological polar surface area (TPSA) is 34.0 Å². The van der Waals surface area contributed by atoms with Gasteiger partial charge in [-0.05, 0) is 44.4 Å². The monoisotopic (exact) mass is 328 g/mol. The molecule has 0 aliphatic heterocycles. The Hall–Kier alpha value is -2.10. The van der Waals surface area contributed by atoms with Crippen LogP contribution in [-0.4, -0.2) is 16.5 Å². The van der Waals surface area contributed by atoms with Gasteiger partial charge in [0, 0.05) is 17.3 Å². The van der Waals surface area contributed by atoms with Crippen LogP contribution in [0, 0.1) is 19.7 Å². The van der Waals surface area contributed by atoms with Crippen molar-refractivity contribution in [1.82, 2.24) is 9.88 Å². The molecule has 3 rings (SSSR count). The molecule has 1 N–H and O–H groups in total. The highest BCUT2D eigenvalue weighted by molar-refractivity contribution is 5.94. The molecule has 1 aliphatic rings. The van der Waals surface area contributed by atoms with Crippen LogP contribution >= 0.6 is 0 Å². The highest BCUT2D eigenvalue weighted by Gasteiger charge is 2.22. The van der Waals surface area contributed by atoms with Crippen LogP contribution < -0.4 is 5.32 Å². The van der Waals surface area contributed by atoms with E-state index in [1.165, 1.54) is 25.3 Å². The number of benzene rings is 1. The molecule has 1 aliphatic carbocycles. The summed E-state index contributed by atoms with van der Waals surface area (Å²) >= 11 is 0. The van der Waals surface area contributed by atoms with Crippen molar-refractivity contribution in [3.8, 4) is 0 Å². The van der Waals surface area contributed by atoms with Crippen molar-refractivity contribution in [3.63, 3.8) is 0 Å². The third-order valence-corrected chi connectivity index (χ3v) is 4.94. The molecule has 1 aromatic heterocycles. The molecule has 128 valence electrons. The smallest absolute Gasteiger partial charge is 0.268 e. The second kappa shape index (κ2) is 7.20. The Morgan fingerprint density at radius 2 is 1.92 bits per heavy atom. The number of carbonyl (C=O) groups excluding carboxylic acids is 1. The van der Waals surface area contributed by atoms with E-state index in [9.17, 15) is 9.18 Å². The van der Waals surface area contributed by atoms with Gasteiger partial charge in [0.25, 0.3) is 5.91 Å². The van der Waals surface area contributed by atoms with E-state index in [0.29, 0.717) is 17.8 Å². The molecule has 1 fully saturated rings. The largest absolute Gasteiger partial charge is 0.348 e. The van der Waals surface area contributed by atoms with Crippen molar-refractivity contribution in [2.45, 2.75) is 58.5 Å². The summed E-state index contributed by atoms with van der Waals surface area (Å²) in [4.78, 5) is 12.8. The molecule has 1 amide bonds. The summed E-state index contributed by atoms with van der Waals surface area (Å²) in [5, 5.41) is 3.18. The molecule has 4 heteroatoms. The Kier molecular flexibility index (Phi) is 5.03. The molecule has 0 atom stereocenters. The number of hydrogen-bond donors (Lipinski definition) is 1. The Morgan fingerprint density at radius 3 is 2.62 bits per heavy atom. The van der Waals surface area contributed by atoms with Crippen molar-refractivity contribution >= 4 is 5.91 Å². The minimum atomic E-state index is -0.234. The lowest BCUT2D eigenvalue weighted by Gasteiger charge is -2.23. The Morgan fingerprint density at radius 1 is 1.21 bits per heavy atom. The number of rotatable bonds is 4. The summed E-state index contributed by atoms with van der Waals surface area (Å²) in [5.41, 5.74) is 3.17. The predicted octanol–water partition coefficient (Wildman–Crippen LogP) is 4.35. The molecule has 1 saturated carbocycles. The Balaban J connectivity index is 1.85. The lowest BCUT2D eigenvalue weighted by atomic mass is 9.95.